The Hall–Kier alpha value is -2.68. The summed E-state index contributed by atoms with van der Waals surface area (Å²) in [6.45, 7) is 2.69. The first-order valence-electron chi connectivity index (χ1n) is 8.96. The number of unbranched alkanes of at least 4 members (excludes halogenated alkanes) is 2. The van der Waals surface area contributed by atoms with Gasteiger partial charge in [0.1, 0.15) is 17.4 Å². The van der Waals surface area contributed by atoms with Gasteiger partial charge < -0.3 is 4.74 Å². The zero-order valence-corrected chi connectivity index (χ0v) is 14.8. The molecule has 1 nitrogen and oxygen atoms in total. The van der Waals surface area contributed by atoms with Gasteiger partial charge in [-0.2, -0.15) is 0 Å². The zero-order valence-electron chi connectivity index (χ0n) is 14.8. The number of ether oxygens (including phenoxy) is 1. The summed E-state index contributed by atoms with van der Waals surface area (Å²) in [6, 6.07) is 18.8. The van der Waals surface area contributed by atoms with Crippen LogP contribution >= 0.6 is 0 Å². The summed E-state index contributed by atoms with van der Waals surface area (Å²) in [4.78, 5) is 0. The summed E-state index contributed by atoms with van der Waals surface area (Å²) in [7, 11) is 0. The third kappa shape index (κ3) is 4.29. The number of hydrogen-bond donors (Lipinski definition) is 0. The van der Waals surface area contributed by atoms with E-state index in [4.69, 9.17) is 4.74 Å². The zero-order chi connectivity index (χ0) is 18.4. The molecular formula is C23H22F2O. The van der Waals surface area contributed by atoms with E-state index in [0.29, 0.717) is 23.5 Å². The van der Waals surface area contributed by atoms with Crippen LogP contribution in [0.4, 0.5) is 8.78 Å². The standard InChI is InChI=1S/C23H22F2O/c1-2-3-7-14-26-19-11-13-21(23(25)16-19)22-15-18(24)10-12-20(22)17-8-5-4-6-9-17/h4-6,8-13,15-16H,2-3,7,14H2,1H3. The fourth-order valence-electron chi connectivity index (χ4n) is 2.95. The van der Waals surface area contributed by atoms with Crippen molar-refractivity contribution in [3.8, 4) is 28.0 Å². The number of rotatable bonds is 7. The third-order valence-electron chi connectivity index (χ3n) is 4.31. The van der Waals surface area contributed by atoms with E-state index in [1.165, 1.54) is 18.2 Å². The molecule has 0 N–H and O–H groups in total. The molecule has 3 aromatic rings. The highest BCUT2D eigenvalue weighted by Gasteiger charge is 2.13. The van der Waals surface area contributed by atoms with Crippen molar-refractivity contribution in [2.45, 2.75) is 26.2 Å². The Kier molecular flexibility index (Phi) is 6.00. The van der Waals surface area contributed by atoms with Gasteiger partial charge >= 0.3 is 0 Å². The van der Waals surface area contributed by atoms with E-state index < -0.39 is 5.82 Å². The van der Waals surface area contributed by atoms with Crippen molar-refractivity contribution in [2.24, 2.45) is 0 Å². The first-order valence-corrected chi connectivity index (χ1v) is 8.96. The predicted molar refractivity (Wildman–Crippen MR) is 102 cm³/mol. The Morgan fingerprint density at radius 3 is 2.27 bits per heavy atom. The Labute approximate surface area is 153 Å². The molecule has 0 aliphatic carbocycles. The van der Waals surface area contributed by atoms with Crippen molar-refractivity contribution >= 4 is 0 Å². The molecule has 3 rings (SSSR count). The Morgan fingerprint density at radius 1 is 0.769 bits per heavy atom. The molecule has 0 heterocycles. The Bertz CT molecular complexity index is 859. The van der Waals surface area contributed by atoms with Gasteiger partial charge in [0, 0.05) is 11.6 Å². The molecule has 0 fully saturated rings. The molecule has 0 saturated carbocycles. The largest absolute Gasteiger partial charge is 0.493 e. The maximum atomic E-state index is 14.7. The average molecular weight is 352 g/mol. The number of benzene rings is 3. The van der Waals surface area contributed by atoms with Gasteiger partial charge in [-0.3, -0.25) is 0 Å². The van der Waals surface area contributed by atoms with Gasteiger partial charge in [-0.15, -0.1) is 0 Å². The lowest BCUT2D eigenvalue weighted by atomic mass is 9.94. The minimum absolute atomic E-state index is 0.365. The molecule has 3 heteroatoms. The molecule has 0 aromatic heterocycles. The van der Waals surface area contributed by atoms with Crippen molar-refractivity contribution in [2.75, 3.05) is 6.61 Å². The molecule has 0 spiro atoms. The van der Waals surface area contributed by atoms with E-state index in [0.717, 1.165) is 30.4 Å². The van der Waals surface area contributed by atoms with Crippen molar-refractivity contribution in [1.29, 1.82) is 0 Å². The Balaban J connectivity index is 1.93. The Morgan fingerprint density at radius 2 is 1.54 bits per heavy atom. The fourth-order valence-corrected chi connectivity index (χ4v) is 2.95. The molecule has 0 saturated heterocycles. The lowest BCUT2D eigenvalue weighted by molar-refractivity contribution is 0.305. The van der Waals surface area contributed by atoms with E-state index in [-0.39, 0.29) is 5.82 Å². The van der Waals surface area contributed by atoms with Crippen LogP contribution in [0.2, 0.25) is 0 Å². The van der Waals surface area contributed by atoms with Crippen LogP contribution in [0.15, 0.2) is 66.7 Å². The molecule has 0 atom stereocenters. The first kappa shape index (κ1) is 18.1. The van der Waals surface area contributed by atoms with Crippen LogP contribution < -0.4 is 4.74 Å². The van der Waals surface area contributed by atoms with E-state index in [1.54, 1.807) is 18.2 Å². The lowest BCUT2D eigenvalue weighted by Crippen LogP contribution is -1.98. The third-order valence-corrected chi connectivity index (χ3v) is 4.31. The normalized spacial score (nSPS) is 10.7. The molecule has 0 amide bonds. The van der Waals surface area contributed by atoms with Crippen LogP contribution in [-0.2, 0) is 0 Å². The van der Waals surface area contributed by atoms with E-state index in [1.807, 2.05) is 30.3 Å². The van der Waals surface area contributed by atoms with Crippen molar-refractivity contribution in [1.82, 2.24) is 0 Å². The van der Waals surface area contributed by atoms with Crippen LogP contribution in [-0.4, -0.2) is 6.61 Å². The molecule has 26 heavy (non-hydrogen) atoms. The molecule has 0 bridgehead atoms. The minimum atomic E-state index is -0.416. The smallest absolute Gasteiger partial charge is 0.134 e. The summed E-state index contributed by atoms with van der Waals surface area (Å²) >= 11 is 0. The van der Waals surface area contributed by atoms with Crippen molar-refractivity contribution < 1.29 is 13.5 Å². The quantitative estimate of drug-likeness (QED) is 0.422. The summed E-state index contributed by atoms with van der Waals surface area (Å²) in [5.74, 6) is -0.306. The molecular weight excluding hydrogens is 330 g/mol. The predicted octanol–water partition coefficient (Wildman–Crippen LogP) is 6.87. The van der Waals surface area contributed by atoms with E-state index >= 15 is 0 Å². The van der Waals surface area contributed by atoms with Crippen molar-refractivity contribution in [3.63, 3.8) is 0 Å². The molecule has 3 aromatic carbocycles. The second kappa shape index (κ2) is 8.61. The molecule has 0 radical (unpaired) electrons. The first-order chi connectivity index (χ1) is 12.7. The van der Waals surface area contributed by atoms with Gasteiger partial charge in [0.05, 0.1) is 6.61 Å². The molecule has 0 aliphatic heterocycles. The highest BCUT2D eigenvalue weighted by atomic mass is 19.1. The van der Waals surface area contributed by atoms with Crippen LogP contribution in [0.25, 0.3) is 22.3 Å². The van der Waals surface area contributed by atoms with Crippen LogP contribution in [0.1, 0.15) is 26.2 Å². The summed E-state index contributed by atoms with van der Waals surface area (Å²) in [5.41, 5.74) is 2.61. The maximum absolute atomic E-state index is 14.7. The fraction of sp³-hybridized carbons (Fsp3) is 0.217. The topological polar surface area (TPSA) is 9.23 Å². The van der Waals surface area contributed by atoms with Gasteiger partial charge in [-0.1, -0.05) is 56.2 Å². The van der Waals surface area contributed by atoms with Gasteiger partial charge in [0.2, 0.25) is 0 Å². The van der Waals surface area contributed by atoms with Gasteiger partial charge in [0.15, 0.2) is 0 Å². The van der Waals surface area contributed by atoms with Gasteiger partial charge in [-0.05, 0) is 47.4 Å². The molecule has 134 valence electrons. The lowest BCUT2D eigenvalue weighted by Gasteiger charge is -2.13. The maximum Gasteiger partial charge on any atom is 0.134 e. The van der Waals surface area contributed by atoms with Crippen molar-refractivity contribution in [3.05, 3.63) is 78.4 Å². The number of hydrogen-bond acceptors (Lipinski definition) is 1. The molecule has 0 aliphatic rings. The number of halogens is 2. The summed E-state index contributed by atoms with van der Waals surface area (Å²) in [5, 5.41) is 0. The van der Waals surface area contributed by atoms with E-state index in [9.17, 15) is 8.78 Å². The molecule has 0 unspecified atom stereocenters. The minimum Gasteiger partial charge on any atom is -0.493 e. The summed E-state index contributed by atoms with van der Waals surface area (Å²) in [6.07, 6.45) is 3.14. The average Bonchev–Trinajstić information content (AvgIpc) is 2.66. The highest BCUT2D eigenvalue weighted by molar-refractivity contribution is 5.83. The van der Waals surface area contributed by atoms with Crippen LogP contribution in [0, 0.1) is 11.6 Å². The SMILES string of the molecule is CCCCCOc1ccc(-c2cc(F)ccc2-c2ccccc2)c(F)c1. The summed E-state index contributed by atoms with van der Waals surface area (Å²) < 4.78 is 34.2. The van der Waals surface area contributed by atoms with Gasteiger partial charge in [0.25, 0.3) is 0 Å². The highest BCUT2D eigenvalue weighted by Crippen LogP contribution is 2.35. The van der Waals surface area contributed by atoms with Gasteiger partial charge in [-0.25, -0.2) is 8.78 Å². The van der Waals surface area contributed by atoms with Crippen LogP contribution in [0.5, 0.6) is 5.75 Å². The van der Waals surface area contributed by atoms with E-state index in [2.05, 4.69) is 6.92 Å². The van der Waals surface area contributed by atoms with Crippen LogP contribution in [0.3, 0.4) is 0 Å². The monoisotopic (exact) mass is 352 g/mol. The second-order valence-electron chi connectivity index (χ2n) is 6.25. The second-order valence-corrected chi connectivity index (χ2v) is 6.25.